The summed E-state index contributed by atoms with van der Waals surface area (Å²) in [4.78, 5) is 50.8. The summed E-state index contributed by atoms with van der Waals surface area (Å²) in [5.41, 5.74) is 0. The maximum Gasteiger partial charge on any atom is 0.320 e. The van der Waals surface area contributed by atoms with Gasteiger partial charge < -0.3 is 10.2 Å². The molecule has 2 N–H and O–H groups in total. The van der Waals surface area contributed by atoms with E-state index in [-0.39, 0.29) is 22.1 Å². The van der Waals surface area contributed by atoms with Gasteiger partial charge >= 0.3 is 11.9 Å². The predicted molar refractivity (Wildman–Crippen MR) is 108 cm³/mol. The monoisotopic (exact) mass is 432 g/mol. The molecule has 2 fully saturated rings. The lowest BCUT2D eigenvalue weighted by Gasteiger charge is -2.24. The minimum Gasteiger partial charge on any atom is -0.480 e. The Kier molecular flexibility index (Phi) is 8.79. The quantitative estimate of drug-likeness (QED) is 0.550. The van der Waals surface area contributed by atoms with Crippen LogP contribution >= 0.6 is 21.6 Å². The van der Waals surface area contributed by atoms with Crippen LogP contribution in [0.1, 0.15) is 39.5 Å². The first-order chi connectivity index (χ1) is 13.2. The Balaban J connectivity index is 1.75. The summed E-state index contributed by atoms with van der Waals surface area (Å²) in [5, 5.41) is 18.1. The molecular weight excluding hydrogens is 404 g/mol. The third kappa shape index (κ3) is 6.20. The van der Waals surface area contributed by atoms with Gasteiger partial charge in [-0.25, -0.2) is 0 Å². The number of likely N-dealkylation sites (tertiary alicyclic amines) is 2. The molecule has 158 valence electrons. The highest BCUT2D eigenvalue weighted by atomic mass is 33.1. The molecule has 0 unspecified atom stereocenters. The second kappa shape index (κ2) is 10.6. The standard InChI is InChI=1S/C18H28N2O6S2/c1-11(9-19-7-3-5-13(19)15(21)22)17(25)27-28-18(26)12(2)10-20-8-4-6-14(20)16(23)24/h11-14H,3-10H2,1-2H3,(H,21,22)(H,23,24)/t11-,12-,13-,14-/m0/s1. The maximum absolute atomic E-state index is 12.3. The molecule has 0 saturated carbocycles. The molecule has 0 aromatic rings. The van der Waals surface area contributed by atoms with Crippen molar-refractivity contribution in [2.75, 3.05) is 26.2 Å². The van der Waals surface area contributed by atoms with Gasteiger partial charge in [0.15, 0.2) is 0 Å². The molecule has 2 aliphatic rings. The van der Waals surface area contributed by atoms with Crippen LogP contribution in [0.25, 0.3) is 0 Å². The Morgan fingerprint density at radius 2 is 1.18 bits per heavy atom. The number of carboxylic acid groups (broad SMARTS) is 2. The molecule has 4 atom stereocenters. The fourth-order valence-electron chi connectivity index (χ4n) is 3.75. The third-order valence-corrected chi connectivity index (χ3v) is 7.78. The van der Waals surface area contributed by atoms with Crippen LogP contribution in [0.3, 0.4) is 0 Å². The van der Waals surface area contributed by atoms with Crippen molar-refractivity contribution >= 4 is 43.8 Å². The van der Waals surface area contributed by atoms with E-state index in [1.54, 1.807) is 13.8 Å². The lowest BCUT2D eigenvalue weighted by atomic mass is 10.1. The van der Waals surface area contributed by atoms with E-state index in [0.717, 1.165) is 34.4 Å². The minimum atomic E-state index is -0.857. The van der Waals surface area contributed by atoms with E-state index < -0.39 is 24.0 Å². The molecule has 0 amide bonds. The second-order valence-corrected chi connectivity index (χ2v) is 9.73. The summed E-state index contributed by atoms with van der Waals surface area (Å²) < 4.78 is 0. The molecule has 8 nitrogen and oxygen atoms in total. The average molecular weight is 433 g/mol. The van der Waals surface area contributed by atoms with Crippen LogP contribution in [0.2, 0.25) is 0 Å². The molecule has 2 rings (SSSR count). The van der Waals surface area contributed by atoms with Crippen molar-refractivity contribution in [3.8, 4) is 0 Å². The van der Waals surface area contributed by atoms with Crippen LogP contribution in [0, 0.1) is 11.8 Å². The Hall–Kier alpha value is -1.10. The van der Waals surface area contributed by atoms with Crippen molar-refractivity contribution in [1.82, 2.24) is 9.80 Å². The molecule has 28 heavy (non-hydrogen) atoms. The van der Waals surface area contributed by atoms with Gasteiger partial charge in [-0.15, -0.1) is 0 Å². The molecule has 0 radical (unpaired) electrons. The predicted octanol–water partition coefficient (Wildman–Crippen LogP) is 1.79. The second-order valence-electron chi connectivity index (χ2n) is 7.59. The fourth-order valence-corrected chi connectivity index (χ4v) is 5.87. The molecule has 0 spiro atoms. The lowest BCUT2D eigenvalue weighted by Crippen LogP contribution is -2.40. The number of nitrogens with zero attached hydrogens (tertiary/aromatic N) is 2. The zero-order chi connectivity index (χ0) is 20.8. The zero-order valence-corrected chi connectivity index (χ0v) is 17.8. The highest BCUT2D eigenvalue weighted by Crippen LogP contribution is 2.31. The fraction of sp³-hybridized carbons (Fsp3) is 0.778. The van der Waals surface area contributed by atoms with E-state index in [0.29, 0.717) is 39.0 Å². The van der Waals surface area contributed by atoms with E-state index in [1.165, 1.54) is 0 Å². The van der Waals surface area contributed by atoms with Crippen molar-refractivity contribution in [2.45, 2.75) is 51.6 Å². The van der Waals surface area contributed by atoms with E-state index in [9.17, 15) is 29.4 Å². The number of rotatable bonds is 8. The van der Waals surface area contributed by atoms with Crippen molar-refractivity contribution in [2.24, 2.45) is 11.8 Å². The van der Waals surface area contributed by atoms with Gasteiger partial charge in [0, 0.05) is 24.9 Å². The van der Waals surface area contributed by atoms with Crippen molar-refractivity contribution in [1.29, 1.82) is 0 Å². The Morgan fingerprint density at radius 1 is 0.821 bits per heavy atom. The van der Waals surface area contributed by atoms with Crippen LogP contribution in [0.5, 0.6) is 0 Å². The van der Waals surface area contributed by atoms with Crippen LogP contribution in [-0.2, 0) is 19.2 Å². The summed E-state index contributed by atoms with van der Waals surface area (Å²) in [7, 11) is 1.80. The normalized spacial score (nSPS) is 25.5. The first-order valence-electron chi connectivity index (χ1n) is 9.56. The van der Waals surface area contributed by atoms with E-state index in [2.05, 4.69) is 0 Å². The SMILES string of the molecule is C[C@@H](CN1CCC[C@H]1C(=O)O)C(=O)SSC(=O)[C@@H](C)CN1CCC[C@H]1C(=O)O. The molecule has 10 heteroatoms. The minimum absolute atomic E-state index is 0.147. The number of carbonyl (C=O) groups is 4. The highest BCUT2D eigenvalue weighted by Gasteiger charge is 2.34. The Bertz CT molecular complexity index is 565. The number of carbonyl (C=O) groups excluding carboxylic acids is 2. The summed E-state index contributed by atoms with van der Waals surface area (Å²) >= 11 is 0. The van der Waals surface area contributed by atoms with Gasteiger partial charge in [-0.2, -0.15) is 0 Å². The molecule has 0 bridgehead atoms. The van der Waals surface area contributed by atoms with Gasteiger partial charge in [0.05, 0.1) is 0 Å². The molecule has 2 saturated heterocycles. The van der Waals surface area contributed by atoms with Gasteiger partial charge in [-0.05, 0) is 60.4 Å². The van der Waals surface area contributed by atoms with E-state index >= 15 is 0 Å². The van der Waals surface area contributed by atoms with Crippen LogP contribution in [0.4, 0.5) is 0 Å². The largest absolute Gasteiger partial charge is 0.480 e. The smallest absolute Gasteiger partial charge is 0.320 e. The van der Waals surface area contributed by atoms with Crippen molar-refractivity contribution < 1.29 is 29.4 Å². The summed E-state index contributed by atoms with van der Waals surface area (Å²) in [6.45, 7) is 5.60. The lowest BCUT2D eigenvalue weighted by molar-refractivity contribution is -0.143. The maximum atomic E-state index is 12.3. The topological polar surface area (TPSA) is 115 Å². The van der Waals surface area contributed by atoms with E-state index in [1.807, 2.05) is 9.80 Å². The molecule has 0 aromatic heterocycles. The Labute approximate surface area is 172 Å². The summed E-state index contributed by atoms with van der Waals surface area (Å²) in [6.07, 6.45) is 2.82. The molecule has 2 aliphatic heterocycles. The summed E-state index contributed by atoms with van der Waals surface area (Å²) in [6, 6.07) is -1.06. The van der Waals surface area contributed by atoms with Gasteiger partial charge in [0.25, 0.3) is 0 Å². The summed E-state index contributed by atoms with van der Waals surface area (Å²) in [5.74, 6) is -2.44. The van der Waals surface area contributed by atoms with Gasteiger partial charge in [-0.1, -0.05) is 13.8 Å². The average Bonchev–Trinajstić information content (AvgIpc) is 3.28. The molecule has 0 aromatic carbocycles. The first-order valence-corrected chi connectivity index (χ1v) is 11.7. The molecular formula is C18H28N2O6S2. The van der Waals surface area contributed by atoms with Gasteiger partial charge in [0.1, 0.15) is 12.1 Å². The first kappa shape index (κ1) is 23.2. The molecule has 0 aliphatic carbocycles. The van der Waals surface area contributed by atoms with Gasteiger partial charge in [0.2, 0.25) is 10.2 Å². The van der Waals surface area contributed by atoms with Crippen LogP contribution in [0.15, 0.2) is 0 Å². The van der Waals surface area contributed by atoms with Gasteiger partial charge in [-0.3, -0.25) is 29.0 Å². The Morgan fingerprint density at radius 3 is 1.50 bits per heavy atom. The zero-order valence-electron chi connectivity index (χ0n) is 16.2. The van der Waals surface area contributed by atoms with Crippen molar-refractivity contribution in [3.63, 3.8) is 0 Å². The van der Waals surface area contributed by atoms with E-state index in [4.69, 9.17) is 0 Å². The number of aliphatic carboxylic acids is 2. The number of hydrogen-bond donors (Lipinski definition) is 2. The molecule has 2 heterocycles. The number of carboxylic acids is 2. The van der Waals surface area contributed by atoms with Crippen LogP contribution in [-0.4, -0.2) is 80.4 Å². The van der Waals surface area contributed by atoms with Crippen LogP contribution < -0.4 is 0 Å². The third-order valence-electron chi connectivity index (χ3n) is 5.32. The van der Waals surface area contributed by atoms with Crippen molar-refractivity contribution in [3.05, 3.63) is 0 Å². The number of hydrogen-bond acceptors (Lipinski definition) is 8. The highest BCUT2D eigenvalue weighted by molar-refractivity contribution is 8.87.